The second kappa shape index (κ2) is 6.54. The van der Waals surface area contributed by atoms with Gasteiger partial charge in [0.2, 0.25) is 11.8 Å². The lowest BCUT2D eigenvalue weighted by molar-refractivity contribution is 0.0980. The van der Waals surface area contributed by atoms with Crippen LogP contribution in [-0.4, -0.2) is 16.0 Å². The summed E-state index contributed by atoms with van der Waals surface area (Å²) in [4.78, 5) is 12.0. The molecule has 0 aliphatic rings. The smallest absolute Gasteiger partial charge is 0.247 e. The zero-order chi connectivity index (χ0) is 15.4. The van der Waals surface area contributed by atoms with Crippen LogP contribution in [0.15, 0.2) is 59.0 Å². The van der Waals surface area contributed by atoms with Gasteiger partial charge in [-0.15, -0.1) is 10.2 Å². The van der Waals surface area contributed by atoms with E-state index < -0.39 is 0 Å². The molecule has 2 aromatic carbocycles. The molecule has 22 heavy (non-hydrogen) atoms. The van der Waals surface area contributed by atoms with Crippen LogP contribution in [-0.2, 0) is 6.42 Å². The molecule has 0 radical (unpaired) electrons. The molecule has 3 aromatic rings. The number of Topliss-reactive ketones (excluding diaryl/α,β-unsaturated/α-hetero) is 1. The van der Waals surface area contributed by atoms with E-state index in [0.717, 1.165) is 5.56 Å². The second-order valence-corrected chi connectivity index (χ2v) is 5.23. The van der Waals surface area contributed by atoms with Gasteiger partial charge in [-0.2, -0.15) is 0 Å². The molecule has 0 spiro atoms. The molecule has 0 bridgehead atoms. The number of carbonyl (C=O) groups excluding carboxylic acids is 1. The fraction of sp³-hybridized carbons (Fsp3) is 0.118. The van der Waals surface area contributed by atoms with Gasteiger partial charge in [0.25, 0.3) is 0 Å². The molecule has 0 N–H and O–H groups in total. The normalized spacial score (nSPS) is 10.6. The van der Waals surface area contributed by atoms with Crippen LogP contribution in [0.4, 0.5) is 0 Å². The summed E-state index contributed by atoms with van der Waals surface area (Å²) in [6.07, 6.45) is 0.764. The highest BCUT2D eigenvalue weighted by atomic mass is 35.5. The van der Waals surface area contributed by atoms with Crippen LogP contribution < -0.4 is 0 Å². The van der Waals surface area contributed by atoms with Gasteiger partial charge in [-0.05, 0) is 24.3 Å². The van der Waals surface area contributed by atoms with Crippen LogP contribution in [0, 0.1) is 0 Å². The van der Waals surface area contributed by atoms with Crippen LogP contribution in [0.3, 0.4) is 0 Å². The summed E-state index contributed by atoms with van der Waals surface area (Å²) in [5.41, 5.74) is 1.50. The largest absolute Gasteiger partial charge is 0.421 e. The van der Waals surface area contributed by atoms with Gasteiger partial charge in [0.15, 0.2) is 5.78 Å². The molecule has 0 unspecified atom stereocenters. The number of ketones is 1. The van der Waals surface area contributed by atoms with E-state index in [1.165, 1.54) is 0 Å². The molecule has 0 amide bonds. The monoisotopic (exact) mass is 312 g/mol. The number of rotatable bonds is 5. The third-order valence-electron chi connectivity index (χ3n) is 3.22. The zero-order valence-electron chi connectivity index (χ0n) is 11.7. The number of benzene rings is 2. The lowest BCUT2D eigenvalue weighted by Gasteiger charge is -1.98. The molecule has 0 saturated heterocycles. The first-order valence-electron chi connectivity index (χ1n) is 6.89. The summed E-state index contributed by atoms with van der Waals surface area (Å²) >= 11 is 5.84. The van der Waals surface area contributed by atoms with E-state index >= 15 is 0 Å². The van der Waals surface area contributed by atoms with Crippen LogP contribution in [0.2, 0.25) is 5.02 Å². The molecule has 5 heteroatoms. The van der Waals surface area contributed by atoms with Crippen molar-refractivity contribution in [3.63, 3.8) is 0 Å². The van der Waals surface area contributed by atoms with Crippen LogP contribution in [0.1, 0.15) is 22.7 Å². The minimum atomic E-state index is 0.0619. The molecular formula is C17H13ClN2O2. The summed E-state index contributed by atoms with van der Waals surface area (Å²) in [5, 5.41) is 8.62. The van der Waals surface area contributed by atoms with Gasteiger partial charge in [-0.1, -0.05) is 41.9 Å². The van der Waals surface area contributed by atoms with E-state index in [0.29, 0.717) is 35.2 Å². The Labute approximate surface area is 132 Å². The lowest BCUT2D eigenvalue weighted by atomic mass is 10.1. The van der Waals surface area contributed by atoms with Crippen LogP contribution in [0.5, 0.6) is 0 Å². The van der Waals surface area contributed by atoms with Crippen molar-refractivity contribution in [2.45, 2.75) is 12.8 Å². The van der Waals surface area contributed by atoms with Crippen LogP contribution >= 0.6 is 11.6 Å². The average Bonchev–Trinajstić information content (AvgIpc) is 3.03. The number of carbonyl (C=O) groups is 1. The van der Waals surface area contributed by atoms with Crippen molar-refractivity contribution in [3.8, 4) is 11.5 Å². The highest BCUT2D eigenvalue weighted by Crippen LogP contribution is 2.20. The lowest BCUT2D eigenvalue weighted by Crippen LogP contribution is -2.00. The Morgan fingerprint density at radius 1 is 1.00 bits per heavy atom. The Morgan fingerprint density at radius 2 is 1.73 bits per heavy atom. The molecule has 0 atom stereocenters. The molecule has 4 nitrogen and oxygen atoms in total. The van der Waals surface area contributed by atoms with Crippen molar-refractivity contribution in [1.29, 1.82) is 0 Å². The number of aryl methyl sites for hydroxylation is 1. The van der Waals surface area contributed by atoms with E-state index in [1.807, 2.05) is 30.3 Å². The third kappa shape index (κ3) is 3.40. The first-order chi connectivity index (χ1) is 10.7. The van der Waals surface area contributed by atoms with Gasteiger partial charge in [-0.3, -0.25) is 4.79 Å². The average molecular weight is 313 g/mol. The summed E-state index contributed by atoms with van der Waals surface area (Å²) < 4.78 is 5.58. The Kier molecular flexibility index (Phi) is 4.30. The van der Waals surface area contributed by atoms with E-state index in [-0.39, 0.29) is 5.78 Å². The molecule has 0 aliphatic heterocycles. The molecule has 1 heterocycles. The van der Waals surface area contributed by atoms with Crippen molar-refractivity contribution in [2.75, 3.05) is 0 Å². The Morgan fingerprint density at radius 3 is 2.45 bits per heavy atom. The quantitative estimate of drug-likeness (QED) is 0.662. The SMILES string of the molecule is O=C(CCc1nnc(-c2ccc(Cl)cc2)o1)c1ccccc1. The summed E-state index contributed by atoms with van der Waals surface area (Å²) in [6, 6.07) is 16.3. The van der Waals surface area contributed by atoms with Gasteiger partial charge in [0, 0.05) is 29.0 Å². The number of hydrogen-bond donors (Lipinski definition) is 0. The minimum Gasteiger partial charge on any atom is -0.421 e. The summed E-state index contributed by atoms with van der Waals surface area (Å²) in [7, 11) is 0. The number of halogens is 1. The maximum absolute atomic E-state index is 12.0. The van der Waals surface area contributed by atoms with E-state index in [9.17, 15) is 4.79 Å². The van der Waals surface area contributed by atoms with E-state index in [2.05, 4.69) is 10.2 Å². The molecule has 0 saturated carbocycles. The summed E-state index contributed by atoms with van der Waals surface area (Å²) in [6.45, 7) is 0. The topological polar surface area (TPSA) is 56.0 Å². The molecule has 1 aromatic heterocycles. The van der Waals surface area contributed by atoms with Crippen molar-refractivity contribution < 1.29 is 9.21 Å². The third-order valence-corrected chi connectivity index (χ3v) is 3.47. The Bertz CT molecular complexity index is 767. The summed E-state index contributed by atoms with van der Waals surface area (Å²) in [5.74, 6) is 0.944. The fourth-order valence-electron chi connectivity index (χ4n) is 2.05. The van der Waals surface area contributed by atoms with Crippen molar-refractivity contribution in [2.24, 2.45) is 0 Å². The molecule has 0 aliphatic carbocycles. The first-order valence-corrected chi connectivity index (χ1v) is 7.27. The van der Waals surface area contributed by atoms with Gasteiger partial charge in [-0.25, -0.2) is 0 Å². The van der Waals surface area contributed by atoms with Crippen molar-refractivity contribution in [3.05, 3.63) is 71.1 Å². The molecular weight excluding hydrogens is 300 g/mol. The zero-order valence-corrected chi connectivity index (χ0v) is 12.5. The fourth-order valence-corrected chi connectivity index (χ4v) is 2.18. The Balaban J connectivity index is 1.65. The number of hydrogen-bond acceptors (Lipinski definition) is 4. The number of aromatic nitrogens is 2. The number of nitrogens with zero attached hydrogens (tertiary/aromatic N) is 2. The highest BCUT2D eigenvalue weighted by molar-refractivity contribution is 6.30. The van der Waals surface area contributed by atoms with Gasteiger partial charge in [0.05, 0.1) is 0 Å². The maximum Gasteiger partial charge on any atom is 0.247 e. The van der Waals surface area contributed by atoms with Gasteiger partial charge in [0.1, 0.15) is 0 Å². The maximum atomic E-state index is 12.0. The molecule has 110 valence electrons. The molecule has 3 rings (SSSR count). The second-order valence-electron chi connectivity index (χ2n) is 4.80. The minimum absolute atomic E-state index is 0.0619. The van der Waals surface area contributed by atoms with E-state index in [4.69, 9.17) is 16.0 Å². The standard InChI is InChI=1S/C17H13ClN2O2/c18-14-8-6-13(7-9-14)17-20-19-16(22-17)11-10-15(21)12-4-2-1-3-5-12/h1-9H,10-11H2. The van der Waals surface area contributed by atoms with Crippen LogP contribution in [0.25, 0.3) is 11.5 Å². The highest BCUT2D eigenvalue weighted by Gasteiger charge is 2.11. The predicted molar refractivity (Wildman–Crippen MR) is 83.8 cm³/mol. The van der Waals surface area contributed by atoms with Gasteiger partial charge < -0.3 is 4.42 Å². The Hall–Kier alpha value is -2.46. The van der Waals surface area contributed by atoms with Crippen molar-refractivity contribution >= 4 is 17.4 Å². The van der Waals surface area contributed by atoms with E-state index in [1.54, 1.807) is 24.3 Å². The predicted octanol–water partition coefficient (Wildman–Crippen LogP) is 4.21. The first kappa shape index (κ1) is 14.5. The molecule has 0 fully saturated rings. The van der Waals surface area contributed by atoms with Gasteiger partial charge >= 0.3 is 0 Å². The van der Waals surface area contributed by atoms with Crippen molar-refractivity contribution in [1.82, 2.24) is 10.2 Å².